The van der Waals surface area contributed by atoms with Gasteiger partial charge in [0.15, 0.2) is 6.29 Å². The van der Waals surface area contributed by atoms with Gasteiger partial charge in [0, 0.05) is 38.3 Å². The van der Waals surface area contributed by atoms with Crippen LogP contribution in [0.5, 0.6) is 5.75 Å². The molecule has 0 radical (unpaired) electrons. The van der Waals surface area contributed by atoms with Crippen molar-refractivity contribution in [1.29, 1.82) is 0 Å². The van der Waals surface area contributed by atoms with Crippen LogP contribution in [0.25, 0.3) is 0 Å². The Hall–Kier alpha value is -1.04. The van der Waals surface area contributed by atoms with E-state index in [1.807, 2.05) is 24.3 Å². The third-order valence-electron chi connectivity index (χ3n) is 3.95. The van der Waals surface area contributed by atoms with Gasteiger partial charge in [0.2, 0.25) is 0 Å². The Bertz CT molecular complexity index is 501. The maximum Gasteiger partial charge on any atom is 0.153 e. The summed E-state index contributed by atoms with van der Waals surface area (Å²) in [5, 5.41) is 0. The summed E-state index contributed by atoms with van der Waals surface area (Å²) in [6.45, 7) is 4.34. The molecule has 5 heteroatoms. The predicted molar refractivity (Wildman–Crippen MR) is 80.9 cm³/mol. The van der Waals surface area contributed by atoms with Crippen LogP contribution < -0.4 is 4.74 Å². The van der Waals surface area contributed by atoms with Gasteiger partial charge in [-0.05, 0) is 42.5 Å². The second-order valence-electron chi connectivity index (χ2n) is 5.31. The van der Waals surface area contributed by atoms with Crippen LogP contribution in [0.1, 0.15) is 34.3 Å². The Morgan fingerprint density at radius 1 is 1.15 bits per heavy atom. The number of rotatable bonds is 4. The Morgan fingerprint density at radius 2 is 1.95 bits per heavy atom. The second-order valence-corrected chi connectivity index (χ2v) is 6.51. The molecule has 1 aromatic carbocycles. The fraction of sp³-hybridized carbons (Fsp3) is 0.533. The van der Waals surface area contributed by atoms with Gasteiger partial charge in [-0.3, -0.25) is 4.79 Å². The van der Waals surface area contributed by atoms with Gasteiger partial charge in [-0.25, -0.2) is 8.61 Å². The average Bonchev–Trinajstić information content (AvgIpc) is 2.98. The van der Waals surface area contributed by atoms with E-state index in [0.29, 0.717) is 11.3 Å². The molecule has 1 fully saturated rings. The van der Waals surface area contributed by atoms with E-state index in [9.17, 15) is 4.79 Å². The van der Waals surface area contributed by atoms with Gasteiger partial charge in [0.25, 0.3) is 0 Å². The summed E-state index contributed by atoms with van der Waals surface area (Å²) in [6, 6.07) is 4.01. The molecule has 2 aliphatic heterocycles. The molecule has 0 saturated carbocycles. The number of ether oxygens (including phenoxy) is 1. The van der Waals surface area contributed by atoms with E-state index in [-0.39, 0.29) is 0 Å². The fourth-order valence-corrected chi connectivity index (χ4v) is 3.97. The first-order valence-corrected chi connectivity index (χ1v) is 7.86. The SMILES string of the molecule is COc1cc2c(cc1C=O)CN(SN1CCCC1)CC2. The monoisotopic (exact) mass is 292 g/mol. The second kappa shape index (κ2) is 6.16. The van der Waals surface area contributed by atoms with Gasteiger partial charge in [-0.1, -0.05) is 0 Å². The summed E-state index contributed by atoms with van der Waals surface area (Å²) in [5.74, 6) is 0.694. The molecule has 3 rings (SSSR count). The average molecular weight is 292 g/mol. The van der Waals surface area contributed by atoms with Crippen molar-refractivity contribution in [2.45, 2.75) is 25.8 Å². The van der Waals surface area contributed by atoms with Crippen LogP contribution in [-0.2, 0) is 13.0 Å². The number of methoxy groups -OCH3 is 1. The molecule has 0 unspecified atom stereocenters. The highest BCUT2D eigenvalue weighted by Crippen LogP contribution is 2.31. The molecule has 0 amide bonds. The lowest BCUT2D eigenvalue weighted by Crippen LogP contribution is -2.29. The minimum atomic E-state index is 0.652. The Kier molecular flexibility index (Phi) is 4.29. The van der Waals surface area contributed by atoms with Crippen LogP contribution >= 0.6 is 12.1 Å². The first kappa shape index (κ1) is 13.9. The van der Waals surface area contributed by atoms with Crippen LogP contribution in [0.4, 0.5) is 0 Å². The van der Waals surface area contributed by atoms with E-state index >= 15 is 0 Å². The molecule has 0 bridgehead atoms. The zero-order valence-electron chi connectivity index (χ0n) is 11.8. The highest BCUT2D eigenvalue weighted by molar-refractivity contribution is 7.94. The lowest BCUT2D eigenvalue weighted by Gasteiger charge is -2.30. The zero-order chi connectivity index (χ0) is 13.9. The number of nitrogens with zero attached hydrogens (tertiary/aromatic N) is 2. The van der Waals surface area contributed by atoms with Crippen LogP contribution in [0, 0.1) is 0 Å². The molecular formula is C15H20N2O2S. The highest BCUT2D eigenvalue weighted by atomic mass is 32.2. The quantitative estimate of drug-likeness (QED) is 0.629. The minimum absolute atomic E-state index is 0.652. The van der Waals surface area contributed by atoms with Crippen molar-refractivity contribution in [2.24, 2.45) is 0 Å². The summed E-state index contributed by atoms with van der Waals surface area (Å²) in [7, 11) is 1.62. The van der Waals surface area contributed by atoms with Crippen molar-refractivity contribution in [1.82, 2.24) is 8.61 Å². The molecule has 20 heavy (non-hydrogen) atoms. The molecule has 1 aromatic rings. The standard InChI is InChI=1S/C15H20N2O2S/c1-19-15-9-12-4-7-17(20-16-5-2-3-6-16)10-13(12)8-14(15)11-18/h8-9,11H,2-7,10H2,1H3. The van der Waals surface area contributed by atoms with Gasteiger partial charge in [0.1, 0.15) is 5.75 Å². The van der Waals surface area contributed by atoms with E-state index in [2.05, 4.69) is 8.61 Å². The van der Waals surface area contributed by atoms with E-state index in [1.54, 1.807) is 7.11 Å². The summed E-state index contributed by atoms with van der Waals surface area (Å²) in [5.41, 5.74) is 3.22. The van der Waals surface area contributed by atoms with Crippen LogP contribution in [0.2, 0.25) is 0 Å². The normalized spacial score (nSPS) is 19.9. The number of aldehydes is 1. The topological polar surface area (TPSA) is 32.8 Å². The van der Waals surface area contributed by atoms with Crippen molar-refractivity contribution in [3.05, 3.63) is 28.8 Å². The van der Waals surface area contributed by atoms with Crippen molar-refractivity contribution in [2.75, 3.05) is 26.7 Å². The van der Waals surface area contributed by atoms with E-state index in [0.717, 1.165) is 25.8 Å². The van der Waals surface area contributed by atoms with E-state index < -0.39 is 0 Å². The Morgan fingerprint density at radius 3 is 2.65 bits per heavy atom. The number of carbonyl (C=O) groups is 1. The Labute approximate surface area is 124 Å². The number of fused-ring (bicyclic) bond motifs is 1. The summed E-state index contributed by atoms with van der Waals surface area (Å²) in [6.07, 6.45) is 4.52. The van der Waals surface area contributed by atoms with Crippen LogP contribution in [-0.4, -0.2) is 41.6 Å². The number of carbonyl (C=O) groups excluding carboxylic acids is 1. The maximum atomic E-state index is 11.1. The highest BCUT2D eigenvalue weighted by Gasteiger charge is 2.22. The lowest BCUT2D eigenvalue weighted by atomic mass is 9.98. The molecule has 0 atom stereocenters. The summed E-state index contributed by atoms with van der Waals surface area (Å²) >= 11 is 1.86. The lowest BCUT2D eigenvalue weighted by molar-refractivity contribution is 0.112. The predicted octanol–water partition coefficient (Wildman–Crippen LogP) is 2.52. The third-order valence-corrected chi connectivity index (χ3v) is 5.09. The van der Waals surface area contributed by atoms with E-state index in [4.69, 9.17) is 4.74 Å². The maximum absolute atomic E-state index is 11.1. The molecule has 1 saturated heterocycles. The molecule has 108 valence electrons. The summed E-state index contributed by atoms with van der Waals surface area (Å²) in [4.78, 5) is 11.1. The zero-order valence-corrected chi connectivity index (χ0v) is 12.6. The van der Waals surface area contributed by atoms with Crippen molar-refractivity contribution in [3.63, 3.8) is 0 Å². The summed E-state index contributed by atoms with van der Waals surface area (Å²) < 4.78 is 10.1. The van der Waals surface area contributed by atoms with Gasteiger partial charge < -0.3 is 4.74 Å². The largest absolute Gasteiger partial charge is 0.496 e. The molecular weight excluding hydrogens is 272 g/mol. The van der Waals surface area contributed by atoms with Gasteiger partial charge >= 0.3 is 0 Å². The Balaban J connectivity index is 1.74. The van der Waals surface area contributed by atoms with Gasteiger partial charge in [0.05, 0.1) is 12.7 Å². The molecule has 0 spiro atoms. The molecule has 0 aliphatic carbocycles. The van der Waals surface area contributed by atoms with Crippen LogP contribution in [0.15, 0.2) is 12.1 Å². The number of hydrogen-bond acceptors (Lipinski definition) is 5. The van der Waals surface area contributed by atoms with Crippen molar-refractivity contribution in [3.8, 4) is 5.75 Å². The molecule has 0 N–H and O–H groups in total. The first-order valence-electron chi connectivity index (χ1n) is 7.13. The first-order chi connectivity index (χ1) is 9.80. The van der Waals surface area contributed by atoms with Crippen molar-refractivity contribution < 1.29 is 9.53 Å². The molecule has 0 aromatic heterocycles. The third kappa shape index (κ3) is 2.85. The van der Waals surface area contributed by atoms with E-state index in [1.165, 1.54) is 37.1 Å². The van der Waals surface area contributed by atoms with Crippen LogP contribution in [0.3, 0.4) is 0 Å². The minimum Gasteiger partial charge on any atom is -0.496 e. The molecule has 2 heterocycles. The van der Waals surface area contributed by atoms with Gasteiger partial charge in [-0.15, -0.1) is 0 Å². The number of benzene rings is 1. The smallest absolute Gasteiger partial charge is 0.153 e. The van der Waals surface area contributed by atoms with Gasteiger partial charge in [-0.2, -0.15) is 0 Å². The van der Waals surface area contributed by atoms with Crippen molar-refractivity contribution >= 4 is 18.4 Å². The molecule has 4 nitrogen and oxygen atoms in total. The fourth-order valence-electron chi connectivity index (χ4n) is 2.85. The number of hydrogen-bond donors (Lipinski definition) is 0. The molecule has 2 aliphatic rings.